The predicted octanol–water partition coefficient (Wildman–Crippen LogP) is 6.82. The summed E-state index contributed by atoms with van der Waals surface area (Å²) < 4.78 is 5.28. The van der Waals surface area contributed by atoms with Gasteiger partial charge in [0.25, 0.3) is 0 Å². The quantitative estimate of drug-likeness (QED) is 0.408. The molecule has 0 saturated carbocycles. The van der Waals surface area contributed by atoms with Gasteiger partial charge >= 0.3 is 0 Å². The molecule has 4 rings (SSSR count). The summed E-state index contributed by atoms with van der Waals surface area (Å²) >= 11 is 6.18. The number of anilines is 2. The number of hydrogen-bond donors (Lipinski definition) is 1. The van der Waals surface area contributed by atoms with E-state index in [9.17, 15) is 0 Å². The number of nitrogens with zero attached hydrogens (tertiary/aromatic N) is 1. The van der Waals surface area contributed by atoms with Gasteiger partial charge in [0.05, 0.1) is 7.11 Å². The van der Waals surface area contributed by atoms with Crippen molar-refractivity contribution in [3.05, 3.63) is 96.1 Å². The van der Waals surface area contributed by atoms with Gasteiger partial charge in [-0.25, -0.2) is 4.98 Å². The molecule has 3 nitrogen and oxygen atoms in total. The van der Waals surface area contributed by atoms with Crippen molar-refractivity contribution in [2.75, 3.05) is 12.4 Å². The molecule has 0 aliphatic carbocycles. The molecule has 4 heteroatoms. The average molecular weight is 387 g/mol. The van der Waals surface area contributed by atoms with Gasteiger partial charge in [0.15, 0.2) is 0 Å². The summed E-state index contributed by atoms with van der Waals surface area (Å²) in [7, 11) is 1.67. The van der Waals surface area contributed by atoms with Crippen molar-refractivity contribution in [3.8, 4) is 28.0 Å². The van der Waals surface area contributed by atoms with E-state index in [-0.39, 0.29) is 0 Å². The second-order valence-corrected chi connectivity index (χ2v) is 6.78. The van der Waals surface area contributed by atoms with Crippen LogP contribution in [0.5, 0.6) is 5.75 Å². The van der Waals surface area contributed by atoms with Crippen LogP contribution < -0.4 is 10.1 Å². The monoisotopic (exact) mass is 386 g/mol. The van der Waals surface area contributed by atoms with Gasteiger partial charge in [-0.1, -0.05) is 54.1 Å². The molecule has 0 saturated heterocycles. The Bertz CT molecular complexity index is 1080. The lowest BCUT2D eigenvalue weighted by Crippen LogP contribution is -1.96. The number of nitrogens with one attached hydrogen (secondary N) is 1. The topological polar surface area (TPSA) is 34.1 Å². The highest BCUT2D eigenvalue weighted by atomic mass is 35.5. The van der Waals surface area contributed by atoms with Crippen LogP contribution in [0.25, 0.3) is 22.3 Å². The maximum absolute atomic E-state index is 6.18. The molecule has 1 N–H and O–H groups in total. The maximum Gasteiger partial charge on any atom is 0.130 e. The third kappa shape index (κ3) is 4.00. The van der Waals surface area contributed by atoms with E-state index >= 15 is 0 Å². The highest BCUT2D eigenvalue weighted by molar-refractivity contribution is 6.30. The van der Waals surface area contributed by atoms with Crippen molar-refractivity contribution in [2.45, 2.75) is 0 Å². The molecule has 0 bridgehead atoms. The predicted molar refractivity (Wildman–Crippen MR) is 116 cm³/mol. The minimum Gasteiger partial charge on any atom is -0.497 e. The Hall–Kier alpha value is -3.30. The zero-order chi connectivity index (χ0) is 19.3. The standard InChI is InChI=1S/C24H19ClN2O/c1-28-21-11-8-17(9-12-21)22-13-10-19(18-5-4-6-20(25)15-18)16-23(22)27-24-7-2-3-14-26-24/h2-16H,1H3,(H,26,27). The molecular weight excluding hydrogens is 368 g/mol. The molecule has 0 spiro atoms. The third-order valence-electron chi connectivity index (χ3n) is 4.51. The van der Waals surface area contributed by atoms with Crippen LogP contribution in [-0.2, 0) is 0 Å². The lowest BCUT2D eigenvalue weighted by Gasteiger charge is -2.15. The van der Waals surface area contributed by atoms with E-state index in [4.69, 9.17) is 16.3 Å². The number of benzene rings is 3. The molecular formula is C24H19ClN2O. The van der Waals surface area contributed by atoms with Crippen molar-refractivity contribution < 1.29 is 4.74 Å². The molecule has 0 unspecified atom stereocenters. The third-order valence-corrected chi connectivity index (χ3v) is 4.74. The molecule has 0 aliphatic rings. The molecule has 0 atom stereocenters. The van der Waals surface area contributed by atoms with Gasteiger partial charge < -0.3 is 10.1 Å². The second-order valence-electron chi connectivity index (χ2n) is 6.34. The van der Waals surface area contributed by atoms with Crippen LogP contribution >= 0.6 is 11.6 Å². The first-order chi connectivity index (χ1) is 13.7. The van der Waals surface area contributed by atoms with Gasteiger partial charge in [0, 0.05) is 22.5 Å². The van der Waals surface area contributed by atoms with E-state index in [1.165, 1.54) is 0 Å². The fourth-order valence-corrected chi connectivity index (χ4v) is 3.28. The van der Waals surface area contributed by atoms with Gasteiger partial charge in [-0.15, -0.1) is 0 Å². The van der Waals surface area contributed by atoms with Gasteiger partial charge in [-0.2, -0.15) is 0 Å². The van der Waals surface area contributed by atoms with Gasteiger partial charge in [-0.05, 0) is 59.2 Å². The molecule has 0 amide bonds. The van der Waals surface area contributed by atoms with Crippen molar-refractivity contribution in [1.82, 2.24) is 4.98 Å². The molecule has 28 heavy (non-hydrogen) atoms. The summed E-state index contributed by atoms with van der Waals surface area (Å²) in [4.78, 5) is 4.40. The average Bonchev–Trinajstić information content (AvgIpc) is 2.75. The number of rotatable bonds is 5. The molecule has 1 aromatic heterocycles. The minimum atomic E-state index is 0.718. The molecule has 0 radical (unpaired) electrons. The Labute approximate surface area is 169 Å². The Morgan fingerprint density at radius 3 is 2.29 bits per heavy atom. The van der Waals surface area contributed by atoms with Crippen LogP contribution in [0.1, 0.15) is 0 Å². The molecule has 1 heterocycles. The van der Waals surface area contributed by atoms with E-state index in [1.54, 1.807) is 13.3 Å². The lowest BCUT2D eigenvalue weighted by atomic mass is 9.98. The highest BCUT2D eigenvalue weighted by Crippen LogP contribution is 2.35. The second kappa shape index (κ2) is 8.15. The molecule has 3 aromatic carbocycles. The number of hydrogen-bond acceptors (Lipinski definition) is 3. The highest BCUT2D eigenvalue weighted by Gasteiger charge is 2.09. The molecule has 0 aliphatic heterocycles. The van der Waals surface area contributed by atoms with Crippen LogP contribution in [0.3, 0.4) is 0 Å². The Morgan fingerprint density at radius 1 is 0.786 bits per heavy atom. The summed E-state index contributed by atoms with van der Waals surface area (Å²) in [5.74, 6) is 1.62. The summed E-state index contributed by atoms with van der Waals surface area (Å²) in [6.45, 7) is 0. The zero-order valence-corrected chi connectivity index (χ0v) is 16.1. The number of aromatic nitrogens is 1. The fraction of sp³-hybridized carbons (Fsp3) is 0.0417. The largest absolute Gasteiger partial charge is 0.497 e. The van der Waals surface area contributed by atoms with Crippen LogP contribution in [-0.4, -0.2) is 12.1 Å². The van der Waals surface area contributed by atoms with Crippen LogP contribution in [0.4, 0.5) is 11.5 Å². The van der Waals surface area contributed by atoms with Gasteiger partial charge in [0.2, 0.25) is 0 Å². The lowest BCUT2D eigenvalue weighted by molar-refractivity contribution is 0.415. The first-order valence-electron chi connectivity index (χ1n) is 8.95. The first-order valence-corrected chi connectivity index (χ1v) is 9.33. The summed E-state index contributed by atoms with van der Waals surface area (Å²) in [6.07, 6.45) is 1.77. The van der Waals surface area contributed by atoms with Crippen molar-refractivity contribution in [3.63, 3.8) is 0 Å². The molecule has 138 valence electrons. The van der Waals surface area contributed by atoms with E-state index in [0.717, 1.165) is 44.5 Å². The Balaban J connectivity index is 1.80. The normalized spacial score (nSPS) is 10.5. The number of methoxy groups -OCH3 is 1. The van der Waals surface area contributed by atoms with Crippen LogP contribution in [0, 0.1) is 0 Å². The van der Waals surface area contributed by atoms with E-state index in [2.05, 4.69) is 46.7 Å². The van der Waals surface area contributed by atoms with Crippen molar-refractivity contribution >= 4 is 23.1 Å². The smallest absolute Gasteiger partial charge is 0.130 e. The number of ether oxygens (including phenoxy) is 1. The number of pyridine rings is 1. The van der Waals surface area contributed by atoms with E-state index in [1.807, 2.05) is 48.5 Å². The van der Waals surface area contributed by atoms with Gasteiger partial charge in [-0.3, -0.25) is 0 Å². The fourth-order valence-electron chi connectivity index (χ4n) is 3.09. The molecule has 4 aromatic rings. The molecule has 0 fully saturated rings. The van der Waals surface area contributed by atoms with Gasteiger partial charge in [0.1, 0.15) is 11.6 Å². The van der Waals surface area contributed by atoms with Crippen LogP contribution in [0.15, 0.2) is 91.1 Å². The number of halogens is 1. The Kier molecular flexibility index (Phi) is 5.27. The van der Waals surface area contributed by atoms with E-state index < -0.39 is 0 Å². The zero-order valence-electron chi connectivity index (χ0n) is 15.4. The summed E-state index contributed by atoms with van der Waals surface area (Å²) in [6, 6.07) is 28.0. The maximum atomic E-state index is 6.18. The minimum absolute atomic E-state index is 0.718. The van der Waals surface area contributed by atoms with Crippen molar-refractivity contribution in [2.24, 2.45) is 0 Å². The van der Waals surface area contributed by atoms with Crippen LogP contribution in [0.2, 0.25) is 5.02 Å². The Morgan fingerprint density at radius 2 is 1.57 bits per heavy atom. The first kappa shape index (κ1) is 18.1. The summed E-state index contributed by atoms with van der Waals surface area (Å²) in [5, 5.41) is 4.17. The SMILES string of the molecule is COc1ccc(-c2ccc(-c3cccc(Cl)c3)cc2Nc2ccccn2)cc1. The van der Waals surface area contributed by atoms with E-state index in [0.29, 0.717) is 0 Å². The van der Waals surface area contributed by atoms with Crippen molar-refractivity contribution in [1.29, 1.82) is 0 Å². The summed E-state index contributed by atoms with van der Waals surface area (Å²) in [5.41, 5.74) is 5.30.